The van der Waals surface area contributed by atoms with Gasteiger partial charge in [0.1, 0.15) is 5.82 Å². The van der Waals surface area contributed by atoms with Gasteiger partial charge < -0.3 is 20.9 Å². The predicted molar refractivity (Wildman–Crippen MR) is 104 cm³/mol. The SMILES string of the molecule is C[C@H]1CCCN(CCCCNC(=O)CNC(=O)NCc2ccc(F)cc2)C1. The summed E-state index contributed by atoms with van der Waals surface area (Å²) in [4.78, 5) is 25.9. The van der Waals surface area contributed by atoms with E-state index in [4.69, 9.17) is 0 Å². The lowest BCUT2D eigenvalue weighted by Crippen LogP contribution is -2.42. The Labute approximate surface area is 160 Å². The van der Waals surface area contributed by atoms with Crippen molar-refractivity contribution >= 4 is 11.9 Å². The zero-order valence-corrected chi connectivity index (χ0v) is 16.1. The van der Waals surface area contributed by atoms with Crippen molar-refractivity contribution in [1.29, 1.82) is 0 Å². The third kappa shape index (κ3) is 8.86. The van der Waals surface area contributed by atoms with E-state index in [1.165, 1.54) is 38.1 Å². The molecule has 1 aliphatic rings. The van der Waals surface area contributed by atoms with Crippen molar-refractivity contribution in [3.63, 3.8) is 0 Å². The number of piperidine rings is 1. The second-order valence-corrected chi connectivity index (χ2v) is 7.27. The van der Waals surface area contributed by atoms with Crippen molar-refractivity contribution in [3.8, 4) is 0 Å². The molecule has 150 valence electrons. The molecule has 6 nitrogen and oxygen atoms in total. The molecule has 0 unspecified atom stereocenters. The topological polar surface area (TPSA) is 73.5 Å². The van der Waals surface area contributed by atoms with Gasteiger partial charge >= 0.3 is 6.03 Å². The van der Waals surface area contributed by atoms with E-state index in [1.807, 2.05) is 0 Å². The minimum absolute atomic E-state index is 0.0567. The van der Waals surface area contributed by atoms with Crippen LogP contribution in [0.3, 0.4) is 0 Å². The zero-order chi connectivity index (χ0) is 19.5. The smallest absolute Gasteiger partial charge is 0.315 e. The fraction of sp³-hybridized carbons (Fsp3) is 0.600. The summed E-state index contributed by atoms with van der Waals surface area (Å²) >= 11 is 0. The molecule has 1 heterocycles. The van der Waals surface area contributed by atoms with Crippen LogP contribution >= 0.6 is 0 Å². The highest BCUT2D eigenvalue weighted by atomic mass is 19.1. The second kappa shape index (κ2) is 11.5. The fourth-order valence-electron chi connectivity index (χ4n) is 3.25. The van der Waals surface area contributed by atoms with E-state index in [-0.39, 0.29) is 24.8 Å². The Morgan fingerprint density at radius 1 is 1.15 bits per heavy atom. The monoisotopic (exact) mass is 378 g/mol. The van der Waals surface area contributed by atoms with Crippen LogP contribution in [-0.2, 0) is 11.3 Å². The van der Waals surface area contributed by atoms with Gasteiger partial charge in [-0.25, -0.2) is 9.18 Å². The standard InChI is InChI=1S/C20H31FN4O2/c1-16-5-4-12-25(15-16)11-3-2-10-22-19(26)14-24-20(27)23-13-17-6-8-18(21)9-7-17/h6-9,16H,2-5,10-15H2,1H3,(H,22,26)(H2,23,24,27)/t16-/m0/s1. The van der Waals surface area contributed by atoms with Crippen LogP contribution in [-0.4, -0.2) is 49.6 Å². The zero-order valence-electron chi connectivity index (χ0n) is 16.1. The number of likely N-dealkylation sites (tertiary alicyclic amines) is 1. The lowest BCUT2D eigenvalue weighted by atomic mass is 10.0. The Bertz CT molecular complexity index is 594. The number of carbonyl (C=O) groups excluding carboxylic acids is 2. The molecule has 0 spiro atoms. The van der Waals surface area contributed by atoms with Gasteiger partial charge in [-0.3, -0.25) is 4.79 Å². The van der Waals surface area contributed by atoms with Gasteiger partial charge in [-0.2, -0.15) is 0 Å². The first kappa shape index (κ1) is 21.2. The maximum Gasteiger partial charge on any atom is 0.315 e. The molecule has 3 amide bonds. The van der Waals surface area contributed by atoms with Gasteiger partial charge in [0, 0.05) is 19.6 Å². The molecule has 0 aromatic heterocycles. The second-order valence-electron chi connectivity index (χ2n) is 7.27. The van der Waals surface area contributed by atoms with E-state index in [0.29, 0.717) is 6.54 Å². The Balaban J connectivity index is 1.47. The normalized spacial score (nSPS) is 17.3. The summed E-state index contributed by atoms with van der Waals surface area (Å²) in [6.07, 6.45) is 4.62. The van der Waals surface area contributed by atoms with Crippen LogP contribution in [0.4, 0.5) is 9.18 Å². The molecule has 0 radical (unpaired) electrons. The third-order valence-corrected chi connectivity index (χ3v) is 4.74. The summed E-state index contributed by atoms with van der Waals surface area (Å²) in [5.74, 6) is 0.280. The average molecular weight is 378 g/mol. The molecule has 7 heteroatoms. The van der Waals surface area contributed by atoms with Gasteiger partial charge in [0.25, 0.3) is 0 Å². The molecule has 1 saturated heterocycles. The van der Waals surface area contributed by atoms with Crippen molar-refractivity contribution in [2.75, 3.05) is 32.7 Å². The third-order valence-electron chi connectivity index (χ3n) is 4.74. The summed E-state index contributed by atoms with van der Waals surface area (Å²) in [7, 11) is 0. The number of urea groups is 1. The largest absolute Gasteiger partial charge is 0.355 e. The number of halogens is 1. The number of unbranched alkanes of at least 4 members (excludes halogenated alkanes) is 1. The minimum atomic E-state index is -0.423. The van der Waals surface area contributed by atoms with Crippen molar-refractivity contribution < 1.29 is 14.0 Å². The summed E-state index contributed by atoms with van der Waals surface area (Å²) in [5, 5.41) is 7.97. The summed E-state index contributed by atoms with van der Waals surface area (Å²) in [6.45, 7) is 6.61. The number of benzene rings is 1. The lowest BCUT2D eigenvalue weighted by Gasteiger charge is -2.30. The van der Waals surface area contributed by atoms with E-state index < -0.39 is 6.03 Å². The van der Waals surface area contributed by atoms with Crippen molar-refractivity contribution in [1.82, 2.24) is 20.9 Å². The molecular weight excluding hydrogens is 347 g/mol. The van der Waals surface area contributed by atoms with E-state index in [9.17, 15) is 14.0 Å². The maximum atomic E-state index is 12.8. The first-order valence-electron chi connectivity index (χ1n) is 9.78. The number of amides is 3. The number of hydrogen-bond donors (Lipinski definition) is 3. The Morgan fingerprint density at radius 3 is 2.67 bits per heavy atom. The number of carbonyl (C=O) groups is 2. The summed E-state index contributed by atoms with van der Waals surface area (Å²) < 4.78 is 12.8. The molecule has 3 N–H and O–H groups in total. The Kier molecular flexibility index (Phi) is 9.04. The fourth-order valence-corrected chi connectivity index (χ4v) is 3.25. The molecule has 1 aromatic rings. The van der Waals surface area contributed by atoms with Crippen LogP contribution in [0.1, 0.15) is 38.2 Å². The highest BCUT2D eigenvalue weighted by Gasteiger charge is 2.15. The van der Waals surface area contributed by atoms with E-state index in [1.54, 1.807) is 12.1 Å². The van der Waals surface area contributed by atoms with Crippen LogP contribution in [0.25, 0.3) is 0 Å². The van der Waals surface area contributed by atoms with Crippen LogP contribution in [0, 0.1) is 11.7 Å². The van der Waals surface area contributed by atoms with Crippen molar-refractivity contribution in [2.24, 2.45) is 5.92 Å². The van der Waals surface area contributed by atoms with Crippen LogP contribution < -0.4 is 16.0 Å². The highest BCUT2D eigenvalue weighted by molar-refractivity contribution is 5.83. The molecule has 1 aromatic carbocycles. The number of nitrogens with one attached hydrogen (secondary N) is 3. The molecular formula is C20H31FN4O2. The molecule has 27 heavy (non-hydrogen) atoms. The maximum absolute atomic E-state index is 12.8. The summed E-state index contributed by atoms with van der Waals surface area (Å²) in [5.41, 5.74) is 0.791. The lowest BCUT2D eigenvalue weighted by molar-refractivity contribution is -0.120. The van der Waals surface area contributed by atoms with E-state index in [0.717, 1.165) is 30.9 Å². The number of hydrogen-bond acceptors (Lipinski definition) is 3. The van der Waals surface area contributed by atoms with Gasteiger partial charge in [0.2, 0.25) is 5.91 Å². The molecule has 1 aliphatic heterocycles. The van der Waals surface area contributed by atoms with E-state index >= 15 is 0 Å². The quantitative estimate of drug-likeness (QED) is 0.577. The predicted octanol–water partition coefficient (Wildman–Crippen LogP) is 2.25. The first-order chi connectivity index (χ1) is 13.0. The van der Waals surface area contributed by atoms with Gasteiger partial charge in [-0.1, -0.05) is 19.1 Å². The minimum Gasteiger partial charge on any atom is -0.355 e. The van der Waals surface area contributed by atoms with Gasteiger partial charge in [-0.15, -0.1) is 0 Å². The van der Waals surface area contributed by atoms with Gasteiger partial charge in [0.15, 0.2) is 0 Å². The highest BCUT2D eigenvalue weighted by Crippen LogP contribution is 2.15. The molecule has 1 atom stereocenters. The first-order valence-corrected chi connectivity index (χ1v) is 9.78. The van der Waals surface area contributed by atoms with E-state index in [2.05, 4.69) is 27.8 Å². The molecule has 0 saturated carbocycles. The van der Waals surface area contributed by atoms with Crippen molar-refractivity contribution in [2.45, 2.75) is 39.2 Å². The van der Waals surface area contributed by atoms with Gasteiger partial charge in [-0.05, 0) is 62.4 Å². The molecule has 0 aliphatic carbocycles. The number of nitrogens with zero attached hydrogens (tertiary/aromatic N) is 1. The Morgan fingerprint density at radius 2 is 1.93 bits per heavy atom. The summed E-state index contributed by atoms with van der Waals surface area (Å²) in [6, 6.07) is 5.47. The average Bonchev–Trinajstić information content (AvgIpc) is 2.65. The van der Waals surface area contributed by atoms with Crippen molar-refractivity contribution in [3.05, 3.63) is 35.6 Å². The van der Waals surface area contributed by atoms with Crippen LogP contribution in [0.15, 0.2) is 24.3 Å². The number of rotatable bonds is 9. The Hall–Kier alpha value is -2.15. The molecule has 1 fully saturated rings. The van der Waals surface area contributed by atoms with Crippen LogP contribution in [0.2, 0.25) is 0 Å². The van der Waals surface area contributed by atoms with Crippen LogP contribution in [0.5, 0.6) is 0 Å². The molecule has 0 bridgehead atoms. The molecule has 2 rings (SSSR count). The van der Waals surface area contributed by atoms with Gasteiger partial charge in [0.05, 0.1) is 6.54 Å².